The lowest BCUT2D eigenvalue weighted by atomic mass is 10.1. The molecule has 1 atom stereocenters. The topological polar surface area (TPSA) is 69.6 Å². The number of carboxylic acid groups (broad SMARTS) is 1. The van der Waals surface area contributed by atoms with E-state index < -0.39 is 11.8 Å². The molecule has 0 spiro atoms. The lowest BCUT2D eigenvalue weighted by molar-refractivity contribution is 0.0697. The van der Waals surface area contributed by atoms with Gasteiger partial charge in [0.05, 0.1) is 11.3 Å². The van der Waals surface area contributed by atoms with Gasteiger partial charge < -0.3 is 15.3 Å². The molecule has 1 fully saturated rings. The summed E-state index contributed by atoms with van der Waals surface area (Å²) in [6.07, 6.45) is 2.77. The number of likely N-dealkylation sites (tertiary alicyclic amines) is 1. The maximum Gasteiger partial charge on any atom is 0.337 e. The summed E-state index contributed by atoms with van der Waals surface area (Å²) in [6, 6.07) is 3.16. The Balaban J connectivity index is 2.17. The first kappa shape index (κ1) is 14.3. The molecule has 1 unspecified atom stereocenters. The van der Waals surface area contributed by atoms with Gasteiger partial charge in [0.1, 0.15) is 5.82 Å². The van der Waals surface area contributed by atoms with Crippen molar-refractivity contribution in [1.82, 2.24) is 4.90 Å². The smallest absolute Gasteiger partial charge is 0.337 e. The van der Waals surface area contributed by atoms with Crippen LogP contribution < -0.4 is 5.32 Å². The standard InChI is InChI=1S/C14H17FN2O3/c1-2-10-4-3-7-17(10)14(20)16-12-6-5-9(15)8-11(12)13(18)19/h5-6,8,10H,2-4,7H2,1H3,(H,16,20)(H,18,19). The number of anilines is 1. The number of amides is 2. The number of benzene rings is 1. The lowest BCUT2D eigenvalue weighted by Crippen LogP contribution is -2.38. The van der Waals surface area contributed by atoms with Gasteiger partial charge in [-0.25, -0.2) is 14.0 Å². The average Bonchev–Trinajstić information content (AvgIpc) is 2.89. The lowest BCUT2D eigenvalue weighted by Gasteiger charge is -2.24. The molecule has 0 radical (unpaired) electrons. The van der Waals surface area contributed by atoms with Gasteiger partial charge in [0.25, 0.3) is 0 Å². The van der Waals surface area contributed by atoms with E-state index in [1.807, 2.05) is 6.92 Å². The van der Waals surface area contributed by atoms with E-state index in [4.69, 9.17) is 5.11 Å². The van der Waals surface area contributed by atoms with Crippen LogP contribution in [0.3, 0.4) is 0 Å². The molecule has 0 saturated carbocycles. The second kappa shape index (κ2) is 5.90. The Morgan fingerprint density at radius 2 is 2.25 bits per heavy atom. The van der Waals surface area contributed by atoms with E-state index in [0.29, 0.717) is 6.54 Å². The summed E-state index contributed by atoms with van der Waals surface area (Å²) in [6.45, 7) is 2.67. The quantitative estimate of drug-likeness (QED) is 0.894. The van der Waals surface area contributed by atoms with Crippen molar-refractivity contribution in [2.24, 2.45) is 0 Å². The third-order valence-electron chi connectivity index (χ3n) is 3.56. The van der Waals surface area contributed by atoms with Crippen molar-refractivity contribution in [2.75, 3.05) is 11.9 Å². The Labute approximate surface area is 116 Å². The molecule has 0 aliphatic carbocycles. The summed E-state index contributed by atoms with van der Waals surface area (Å²) in [7, 11) is 0. The van der Waals surface area contributed by atoms with Crippen LogP contribution >= 0.6 is 0 Å². The van der Waals surface area contributed by atoms with Crippen LogP contribution in [0.2, 0.25) is 0 Å². The van der Waals surface area contributed by atoms with Gasteiger partial charge in [0.15, 0.2) is 0 Å². The number of carboxylic acids is 1. The zero-order chi connectivity index (χ0) is 14.7. The first-order valence-electron chi connectivity index (χ1n) is 6.63. The zero-order valence-corrected chi connectivity index (χ0v) is 11.2. The minimum atomic E-state index is -1.27. The summed E-state index contributed by atoms with van der Waals surface area (Å²) < 4.78 is 13.1. The molecule has 1 aliphatic heterocycles. The molecule has 2 amide bonds. The van der Waals surface area contributed by atoms with E-state index in [1.54, 1.807) is 4.90 Å². The average molecular weight is 280 g/mol. The highest BCUT2D eigenvalue weighted by Gasteiger charge is 2.28. The second-order valence-corrected chi connectivity index (χ2v) is 4.82. The molecule has 20 heavy (non-hydrogen) atoms. The minimum absolute atomic E-state index is 0.116. The molecule has 1 aromatic carbocycles. The number of rotatable bonds is 3. The largest absolute Gasteiger partial charge is 0.478 e. The third kappa shape index (κ3) is 2.89. The van der Waals surface area contributed by atoms with Crippen molar-refractivity contribution in [3.63, 3.8) is 0 Å². The zero-order valence-electron chi connectivity index (χ0n) is 11.2. The summed E-state index contributed by atoms with van der Waals surface area (Å²) >= 11 is 0. The van der Waals surface area contributed by atoms with Crippen molar-refractivity contribution in [3.05, 3.63) is 29.6 Å². The van der Waals surface area contributed by atoms with Crippen LogP contribution in [0.1, 0.15) is 36.5 Å². The van der Waals surface area contributed by atoms with Gasteiger partial charge in [-0.2, -0.15) is 0 Å². The number of carbonyl (C=O) groups is 2. The number of hydrogen-bond acceptors (Lipinski definition) is 2. The summed E-state index contributed by atoms with van der Waals surface area (Å²) in [5.41, 5.74) is -0.128. The molecule has 1 saturated heterocycles. The number of halogens is 1. The third-order valence-corrected chi connectivity index (χ3v) is 3.56. The Morgan fingerprint density at radius 1 is 1.50 bits per heavy atom. The fourth-order valence-electron chi connectivity index (χ4n) is 2.52. The molecular formula is C14H17FN2O3. The van der Waals surface area contributed by atoms with Gasteiger partial charge in [-0.15, -0.1) is 0 Å². The number of nitrogens with zero attached hydrogens (tertiary/aromatic N) is 1. The van der Waals surface area contributed by atoms with Gasteiger partial charge >= 0.3 is 12.0 Å². The number of carbonyl (C=O) groups excluding carboxylic acids is 1. The molecule has 0 bridgehead atoms. The molecule has 1 heterocycles. The van der Waals surface area contributed by atoms with Crippen LogP contribution in [-0.2, 0) is 0 Å². The maximum atomic E-state index is 13.1. The highest BCUT2D eigenvalue weighted by molar-refractivity contribution is 6.00. The van der Waals surface area contributed by atoms with Gasteiger partial charge in [0, 0.05) is 12.6 Å². The molecule has 108 valence electrons. The normalized spacial score (nSPS) is 18.1. The highest BCUT2D eigenvalue weighted by Crippen LogP contribution is 2.23. The first-order valence-corrected chi connectivity index (χ1v) is 6.63. The van der Waals surface area contributed by atoms with E-state index in [9.17, 15) is 14.0 Å². The molecule has 2 rings (SSSR count). The van der Waals surface area contributed by atoms with Crippen molar-refractivity contribution in [3.8, 4) is 0 Å². The van der Waals surface area contributed by atoms with Crippen molar-refractivity contribution >= 4 is 17.7 Å². The van der Waals surface area contributed by atoms with Gasteiger partial charge in [-0.3, -0.25) is 0 Å². The van der Waals surface area contributed by atoms with E-state index in [0.717, 1.165) is 31.4 Å². The highest BCUT2D eigenvalue weighted by atomic mass is 19.1. The summed E-state index contributed by atoms with van der Waals surface area (Å²) in [4.78, 5) is 24.9. The van der Waals surface area contributed by atoms with E-state index in [-0.39, 0.29) is 23.3 Å². The molecule has 1 aromatic rings. The SMILES string of the molecule is CCC1CCCN1C(=O)Nc1ccc(F)cc1C(=O)O. The minimum Gasteiger partial charge on any atom is -0.478 e. The molecule has 1 aliphatic rings. The number of aromatic carboxylic acids is 1. The van der Waals surface area contributed by atoms with Crippen LogP contribution in [-0.4, -0.2) is 34.6 Å². The van der Waals surface area contributed by atoms with Crippen molar-refractivity contribution < 1.29 is 19.1 Å². The Morgan fingerprint density at radius 3 is 2.90 bits per heavy atom. The van der Waals surface area contributed by atoms with Crippen molar-refractivity contribution in [1.29, 1.82) is 0 Å². The summed E-state index contributed by atoms with van der Waals surface area (Å²) in [5.74, 6) is -1.92. The molecular weight excluding hydrogens is 263 g/mol. The number of urea groups is 1. The number of nitrogens with one attached hydrogen (secondary N) is 1. The maximum absolute atomic E-state index is 13.1. The van der Waals surface area contributed by atoms with Crippen LogP contribution in [0.5, 0.6) is 0 Å². The Hall–Kier alpha value is -2.11. The van der Waals surface area contributed by atoms with Gasteiger partial charge in [-0.05, 0) is 37.5 Å². The predicted molar refractivity (Wildman–Crippen MR) is 72.4 cm³/mol. The molecule has 0 aromatic heterocycles. The fourth-order valence-corrected chi connectivity index (χ4v) is 2.52. The molecule has 2 N–H and O–H groups in total. The fraction of sp³-hybridized carbons (Fsp3) is 0.429. The van der Waals surface area contributed by atoms with Crippen molar-refractivity contribution in [2.45, 2.75) is 32.2 Å². The van der Waals surface area contributed by atoms with Crippen LogP contribution in [0, 0.1) is 5.82 Å². The van der Waals surface area contributed by atoms with Gasteiger partial charge in [-0.1, -0.05) is 6.92 Å². The van der Waals surface area contributed by atoms with Crippen LogP contribution in [0.15, 0.2) is 18.2 Å². The van der Waals surface area contributed by atoms with Crippen LogP contribution in [0.4, 0.5) is 14.9 Å². The molecule has 6 heteroatoms. The Kier molecular flexibility index (Phi) is 4.22. The van der Waals surface area contributed by atoms with E-state index >= 15 is 0 Å². The monoisotopic (exact) mass is 280 g/mol. The van der Waals surface area contributed by atoms with Crippen LogP contribution in [0.25, 0.3) is 0 Å². The Bertz CT molecular complexity index is 533. The first-order chi connectivity index (χ1) is 9.52. The second-order valence-electron chi connectivity index (χ2n) is 4.82. The number of hydrogen-bond donors (Lipinski definition) is 2. The molecule has 5 nitrogen and oxygen atoms in total. The van der Waals surface area contributed by atoms with E-state index in [2.05, 4.69) is 5.32 Å². The van der Waals surface area contributed by atoms with Gasteiger partial charge in [0.2, 0.25) is 0 Å². The van der Waals surface area contributed by atoms with E-state index in [1.165, 1.54) is 6.07 Å². The predicted octanol–water partition coefficient (Wildman–Crippen LogP) is 2.93. The summed E-state index contributed by atoms with van der Waals surface area (Å²) in [5, 5.41) is 11.6.